The third kappa shape index (κ3) is 2.79. The van der Waals surface area contributed by atoms with E-state index in [4.69, 9.17) is 5.11 Å². The number of hydrogen-bond acceptors (Lipinski definition) is 2. The number of benzene rings is 1. The average Bonchev–Trinajstić information content (AvgIpc) is 2.42. The van der Waals surface area contributed by atoms with Crippen LogP contribution in [0.3, 0.4) is 0 Å². The second kappa shape index (κ2) is 5.56. The van der Waals surface area contributed by atoms with Crippen LogP contribution < -0.4 is 0 Å². The second-order valence-corrected chi connectivity index (χ2v) is 5.01. The molecule has 1 aromatic rings. The summed E-state index contributed by atoms with van der Waals surface area (Å²) in [5.41, 5.74) is -0.0310. The number of carboxylic acid groups (broad SMARTS) is 1. The number of nitrogens with zero attached hydrogens (tertiary/aromatic N) is 1. The van der Waals surface area contributed by atoms with Gasteiger partial charge in [0.05, 0.1) is 11.5 Å². The number of carbonyl (C=O) groups excluding carboxylic acids is 1. The van der Waals surface area contributed by atoms with Crippen LogP contribution >= 0.6 is 0 Å². The lowest BCUT2D eigenvalue weighted by Gasteiger charge is -2.30. The molecule has 2 rings (SSSR count). The molecule has 1 N–H and O–H groups in total. The summed E-state index contributed by atoms with van der Waals surface area (Å²) in [6, 6.07) is 1.85. The first kappa shape index (κ1) is 14.4. The molecule has 1 aromatic carbocycles. The smallest absolute Gasteiger partial charge is 0.308 e. The Morgan fingerprint density at radius 2 is 2.00 bits per heavy atom. The Morgan fingerprint density at radius 1 is 1.30 bits per heavy atom. The Kier molecular flexibility index (Phi) is 4.01. The molecule has 0 aliphatic carbocycles. The van der Waals surface area contributed by atoms with Crippen LogP contribution in [0.15, 0.2) is 12.1 Å². The molecule has 0 saturated carbocycles. The highest BCUT2D eigenvalue weighted by Gasteiger charge is 2.29. The number of rotatable bonds is 2. The first-order chi connectivity index (χ1) is 9.40. The quantitative estimate of drug-likeness (QED) is 0.905. The number of amides is 1. The van der Waals surface area contributed by atoms with Gasteiger partial charge in [-0.25, -0.2) is 8.78 Å². The number of carbonyl (C=O) groups is 2. The van der Waals surface area contributed by atoms with Crippen molar-refractivity contribution in [2.24, 2.45) is 5.92 Å². The topological polar surface area (TPSA) is 57.6 Å². The molecule has 108 valence electrons. The summed E-state index contributed by atoms with van der Waals surface area (Å²) in [4.78, 5) is 24.5. The van der Waals surface area contributed by atoms with Gasteiger partial charge in [-0.1, -0.05) is 0 Å². The Labute approximate surface area is 115 Å². The Morgan fingerprint density at radius 3 is 2.65 bits per heavy atom. The van der Waals surface area contributed by atoms with Crippen molar-refractivity contribution in [1.29, 1.82) is 0 Å². The van der Waals surface area contributed by atoms with Crippen molar-refractivity contribution in [3.63, 3.8) is 0 Å². The number of aryl methyl sites for hydroxylation is 1. The summed E-state index contributed by atoms with van der Waals surface area (Å²) in [6.45, 7) is 1.89. The van der Waals surface area contributed by atoms with Gasteiger partial charge in [-0.3, -0.25) is 9.59 Å². The fraction of sp³-hybridized carbons (Fsp3) is 0.429. The highest BCUT2D eigenvalue weighted by molar-refractivity contribution is 5.95. The van der Waals surface area contributed by atoms with Crippen LogP contribution in [0.5, 0.6) is 0 Å². The number of piperidine rings is 1. The van der Waals surface area contributed by atoms with Crippen LogP contribution in [0.2, 0.25) is 0 Å². The van der Waals surface area contributed by atoms with E-state index in [-0.39, 0.29) is 17.7 Å². The molecule has 0 radical (unpaired) electrons. The van der Waals surface area contributed by atoms with E-state index in [0.717, 1.165) is 6.07 Å². The summed E-state index contributed by atoms with van der Waals surface area (Å²) < 4.78 is 26.9. The van der Waals surface area contributed by atoms with E-state index in [1.807, 2.05) is 0 Å². The van der Waals surface area contributed by atoms with Gasteiger partial charge in [0.2, 0.25) is 0 Å². The molecule has 4 nitrogen and oxygen atoms in total. The monoisotopic (exact) mass is 283 g/mol. The lowest BCUT2D eigenvalue weighted by atomic mass is 9.97. The lowest BCUT2D eigenvalue weighted by Crippen LogP contribution is -2.42. The Balaban J connectivity index is 2.23. The number of likely N-dealkylation sites (tertiary alicyclic amines) is 1. The molecule has 0 bridgehead atoms. The van der Waals surface area contributed by atoms with E-state index in [1.54, 1.807) is 0 Å². The second-order valence-electron chi connectivity index (χ2n) is 5.01. The number of hydrogen-bond donors (Lipinski definition) is 1. The number of carboxylic acids is 1. The number of halogens is 2. The van der Waals surface area contributed by atoms with Crippen molar-refractivity contribution >= 4 is 11.9 Å². The minimum absolute atomic E-state index is 0.0596. The third-order valence-corrected chi connectivity index (χ3v) is 3.54. The van der Waals surface area contributed by atoms with E-state index < -0.39 is 29.4 Å². The predicted molar refractivity (Wildman–Crippen MR) is 67.4 cm³/mol. The van der Waals surface area contributed by atoms with Gasteiger partial charge < -0.3 is 10.0 Å². The van der Waals surface area contributed by atoms with Crippen molar-refractivity contribution in [1.82, 2.24) is 4.90 Å². The summed E-state index contributed by atoms with van der Waals surface area (Å²) in [7, 11) is 0. The van der Waals surface area contributed by atoms with E-state index >= 15 is 0 Å². The lowest BCUT2D eigenvalue weighted by molar-refractivity contribution is -0.143. The molecule has 1 heterocycles. The zero-order chi connectivity index (χ0) is 14.9. The molecule has 1 atom stereocenters. The van der Waals surface area contributed by atoms with Gasteiger partial charge in [0.1, 0.15) is 11.6 Å². The summed E-state index contributed by atoms with van der Waals surface area (Å²) in [5.74, 6) is -3.80. The molecule has 0 aromatic heterocycles. The fourth-order valence-electron chi connectivity index (χ4n) is 2.35. The molecule has 1 amide bonds. The van der Waals surface area contributed by atoms with Crippen LogP contribution in [0, 0.1) is 24.5 Å². The number of aliphatic carboxylic acids is 1. The van der Waals surface area contributed by atoms with Gasteiger partial charge in [0, 0.05) is 19.2 Å². The van der Waals surface area contributed by atoms with Gasteiger partial charge >= 0.3 is 5.97 Å². The molecule has 1 aliphatic rings. The van der Waals surface area contributed by atoms with E-state index in [1.165, 1.54) is 11.8 Å². The summed E-state index contributed by atoms with van der Waals surface area (Å²) in [5, 5.41) is 8.98. The molecule has 1 fully saturated rings. The van der Waals surface area contributed by atoms with Crippen LogP contribution in [-0.2, 0) is 4.79 Å². The average molecular weight is 283 g/mol. The molecular formula is C14H15F2NO3. The summed E-state index contributed by atoms with van der Waals surface area (Å²) >= 11 is 0. The highest BCUT2D eigenvalue weighted by Crippen LogP contribution is 2.21. The molecular weight excluding hydrogens is 268 g/mol. The molecule has 1 unspecified atom stereocenters. The highest BCUT2D eigenvalue weighted by atomic mass is 19.1. The molecule has 1 saturated heterocycles. The SMILES string of the molecule is Cc1cc(C(=O)N2CCCC(C(=O)O)C2)c(F)cc1F. The van der Waals surface area contributed by atoms with Gasteiger partial charge in [-0.15, -0.1) is 0 Å². The van der Waals surface area contributed by atoms with Gasteiger partial charge in [-0.2, -0.15) is 0 Å². The van der Waals surface area contributed by atoms with Crippen LogP contribution in [0.4, 0.5) is 8.78 Å². The zero-order valence-corrected chi connectivity index (χ0v) is 11.0. The third-order valence-electron chi connectivity index (χ3n) is 3.54. The van der Waals surface area contributed by atoms with Crippen molar-refractivity contribution in [2.75, 3.05) is 13.1 Å². The van der Waals surface area contributed by atoms with E-state index in [2.05, 4.69) is 0 Å². The van der Waals surface area contributed by atoms with Gasteiger partial charge in [-0.05, 0) is 31.4 Å². The van der Waals surface area contributed by atoms with E-state index in [9.17, 15) is 18.4 Å². The largest absolute Gasteiger partial charge is 0.481 e. The maximum absolute atomic E-state index is 13.7. The molecule has 6 heteroatoms. The van der Waals surface area contributed by atoms with Crippen LogP contribution in [0.1, 0.15) is 28.8 Å². The van der Waals surface area contributed by atoms with Crippen molar-refractivity contribution in [3.8, 4) is 0 Å². The maximum Gasteiger partial charge on any atom is 0.308 e. The Hall–Kier alpha value is -1.98. The molecule has 20 heavy (non-hydrogen) atoms. The van der Waals surface area contributed by atoms with Crippen LogP contribution in [-0.4, -0.2) is 35.0 Å². The predicted octanol–water partition coefficient (Wildman–Crippen LogP) is 2.21. The first-order valence-electron chi connectivity index (χ1n) is 6.38. The van der Waals surface area contributed by atoms with Crippen LogP contribution in [0.25, 0.3) is 0 Å². The van der Waals surface area contributed by atoms with Gasteiger partial charge in [0.25, 0.3) is 5.91 Å². The zero-order valence-electron chi connectivity index (χ0n) is 11.0. The normalized spacial score (nSPS) is 18.9. The van der Waals surface area contributed by atoms with Crippen molar-refractivity contribution in [3.05, 3.63) is 34.9 Å². The van der Waals surface area contributed by atoms with Crippen molar-refractivity contribution < 1.29 is 23.5 Å². The van der Waals surface area contributed by atoms with Crippen molar-refractivity contribution in [2.45, 2.75) is 19.8 Å². The van der Waals surface area contributed by atoms with Gasteiger partial charge in [0.15, 0.2) is 0 Å². The standard InChI is InChI=1S/C14H15F2NO3/c1-8-5-10(12(16)6-11(8)15)13(18)17-4-2-3-9(7-17)14(19)20/h5-6,9H,2-4,7H2,1H3,(H,19,20). The van der Waals surface area contributed by atoms with E-state index in [0.29, 0.717) is 25.5 Å². The fourth-order valence-corrected chi connectivity index (χ4v) is 2.35. The summed E-state index contributed by atoms with van der Waals surface area (Å²) in [6.07, 6.45) is 1.06. The maximum atomic E-state index is 13.7. The molecule has 0 spiro atoms. The molecule has 1 aliphatic heterocycles. The Bertz CT molecular complexity index is 560. The minimum atomic E-state index is -0.960. The minimum Gasteiger partial charge on any atom is -0.481 e. The first-order valence-corrected chi connectivity index (χ1v) is 6.38.